The number of allylic oxidation sites excluding steroid dienone is 2. The van der Waals surface area contributed by atoms with Gasteiger partial charge in [-0.25, -0.2) is 0 Å². The normalized spacial score (nSPS) is 12.0. The smallest absolute Gasteiger partial charge is 0.306 e. The van der Waals surface area contributed by atoms with Crippen LogP contribution in [0.5, 0.6) is 0 Å². The van der Waals surface area contributed by atoms with Crippen LogP contribution >= 0.6 is 0 Å². The molecule has 6 heteroatoms. The molecule has 0 spiro atoms. The Kier molecular flexibility index (Phi) is 59.1. The van der Waals surface area contributed by atoms with Crippen LogP contribution in [-0.4, -0.2) is 37.2 Å². The molecule has 0 aromatic heterocycles. The van der Waals surface area contributed by atoms with E-state index in [0.29, 0.717) is 19.3 Å². The molecule has 71 heavy (non-hydrogen) atoms. The first-order valence-electron chi connectivity index (χ1n) is 32.2. The number of rotatable bonds is 60. The van der Waals surface area contributed by atoms with Crippen molar-refractivity contribution in [3.8, 4) is 0 Å². The Balaban J connectivity index is 4.20. The second-order valence-corrected chi connectivity index (χ2v) is 22.0. The third kappa shape index (κ3) is 58.9. The van der Waals surface area contributed by atoms with Gasteiger partial charge in [-0.3, -0.25) is 14.4 Å². The Morgan fingerprint density at radius 1 is 0.268 bits per heavy atom. The zero-order chi connectivity index (χ0) is 51.4. The third-order valence-corrected chi connectivity index (χ3v) is 14.8. The van der Waals surface area contributed by atoms with Gasteiger partial charge in [-0.1, -0.05) is 315 Å². The minimum Gasteiger partial charge on any atom is -0.462 e. The topological polar surface area (TPSA) is 78.9 Å². The lowest BCUT2D eigenvalue weighted by Crippen LogP contribution is -2.30. The summed E-state index contributed by atoms with van der Waals surface area (Å²) in [4.78, 5) is 38.2. The molecular formula is C65H124O6. The number of hydrogen-bond donors (Lipinski definition) is 0. The van der Waals surface area contributed by atoms with E-state index >= 15 is 0 Å². The van der Waals surface area contributed by atoms with Crippen LogP contribution in [0.15, 0.2) is 12.2 Å². The van der Waals surface area contributed by atoms with Crippen molar-refractivity contribution < 1.29 is 28.6 Å². The van der Waals surface area contributed by atoms with Crippen molar-refractivity contribution in [2.75, 3.05) is 13.2 Å². The number of carbonyl (C=O) groups excluding carboxylic acids is 3. The fraction of sp³-hybridized carbons (Fsp3) is 0.923. The van der Waals surface area contributed by atoms with Crippen LogP contribution in [0, 0.1) is 0 Å². The minimum atomic E-state index is -0.766. The van der Waals surface area contributed by atoms with Crippen molar-refractivity contribution in [1.29, 1.82) is 0 Å². The Hall–Kier alpha value is -1.85. The molecule has 0 aromatic rings. The van der Waals surface area contributed by atoms with Crippen LogP contribution in [0.4, 0.5) is 0 Å². The number of esters is 3. The monoisotopic (exact) mass is 1000 g/mol. The molecule has 0 heterocycles. The molecule has 420 valence electrons. The highest BCUT2D eigenvalue weighted by Gasteiger charge is 2.19. The van der Waals surface area contributed by atoms with Crippen molar-refractivity contribution in [2.45, 2.75) is 374 Å². The van der Waals surface area contributed by atoms with Crippen molar-refractivity contribution in [1.82, 2.24) is 0 Å². The zero-order valence-corrected chi connectivity index (χ0v) is 48.3. The molecule has 1 atom stereocenters. The van der Waals surface area contributed by atoms with Crippen LogP contribution in [-0.2, 0) is 28.6 Å². The highest BCUT2D eigenvalue weighted by atomic mass is 16.6. The van der Waals surface area contributed by atoms with Gasteiger partial charge in [0.15, 0.2) is 6.10 Å². The van der Waals surface area contributed by atoms with E-state index in [0.717, 1.165) is 57.8 Å². The first-order valence-corrected chi connectivity index (χ1v) is 32.2. The molecule has 0 aliphatic heterocycles. The van der Waals surface area contributed by atoms with Crippen molar-refractivity contribution in [2.24, 2.45) is 0 Å². The largest absolute Gasteiger partial charge is 0.462 e. The Bertz CT molecular complexity index is 1100. The first kappa shape index (κ1) is 69.2. The molecule has 0 aromatic carbocycles. The van der Waals surface area contributed by atoms with Crippen molar-refractivity contribution in [3.05, 3.63) is 12.2 Å². The summed E-state index contributed by atoms with van der Waals surface area (Å²) in [6.07, 6.45) is 70.8. The van der Waals surface area contributed by atoms with E-state index in [1.54, 1.807) is 0 Å². The van der Waals surface area contributed by atoms with E-state index in [-0.39, 0.29) is 31.1 Å². The van der Waals surface area contributed by atoms with Crippen LogP contribution in [0.2, 0.25) is 0 Å². The molecule has 6 nitrogen and oxygen atoms in total. The average molecular weight is 1000 g/mol. The molecule has 0 bridgehead atoms. The predicted octanol–water partition coefficient (Wildman–Crippen LogP) is 21.7. The minimum absolute atomic E-state index is 0.0643. The summed E-state index contributed by atoms with van der Waals surface area (Å²) in [5.41, 5.74) is 0. The van der Waals surface area contributed by atoms with Crippen molar-refractivity contribution >= 4 is 17.9 Å². The molecular weight excluding hydrogens is 877 g/mol. The van der Waals surface area contributed by atoms with Gasteiger partial charge >= 0.3 is 17.9 Å². The molecule has 0 saturated carbocycles. The summed E-state index contributed by atoms with van der Waals surface area (Å²) in [5.74, 6) is -0.838. The number of unbranched alkanes of at least 4 members (excludes halogenated alkanes) is 47. The molecule has 0 amide bonds. The Morgan fingerprint density at radius 2 is 0.465 bits per heavy atom. The summed E-state index contributed by atoms with van der Waals surface area (Å²) in [6, 6.07) is 0. The van der Waals surface area contributed by atoms with Gasteiger partial charge in [-0.05, 0) is 44.9 Å². The number of ether oxygens (including phenoxy) is 3. The highest BCUT2D eigenvalue weighted by molar-refractivity contribution is 5.71. The average Bonchev–Trinajstić information content (AvgIpc) is 3.37. The van der Waals surface area contributed by atoms with E-state index in [2.05, 4.69) is 32.9 Å². The molecule has 0 aliphatic rings. The molecule has 0 N–H and O–H groups in total. The van der Waals surface area contributed by atoms with E-state index < -0.39 is 6.10 Å². The van der Waals surface area contributed by atoms with E-state index in [1.807, 2.05) is 0 Å². The Labute approximate surface area is 443 Å². The quantitative estimate of drug-likeness (QED) is 0.0261. The standard InChI is InChI=1S/C65H124O6/c1-4-7-10-13-16-19-22-24-26-28-30-31-32-33-35-36-38-40-43-46-49-52-55-58-64(67)70-61-62(60-69-63(66)57-54-51-48-45-42-21-18-15-12-9-6-3)71-65(68)59-56-53-50-47-44-41-39-37-34-29-27-25-23-20-17-14-11-8-5-2/h25,27,62H,4-24,26,28-61H2,1-3H3/b27-25-. The van der Waals surface area contributed by atoms with Gasteiger partial charge in [0.05, 0.1) is 0 Å². The maximum absolute atomic E-state index is 12.9. The lowest BCUT2D eigenvalue weighted by atomic mass is 10.0. The van der Waals surface area contributed by atoms with Crippen LogP contribution in [0.25, 0.3) is 0 Å². The highest BCUT2D eigenvalue weighted by Crippen LogP contribution is 2.18. The lowest BCUT2D eigenvalue weighted by Gasteiger charge is -2.18. The zero-order valence-electron chi connectivity index (χ0n) is 48.3. The Morgan fingerprint density at radius 3 is 0.704 bits per heavy atom. The molecule has 0 rings (SSSR count). The van der Waals surface area contributed by atoms with E-state index in [1.165, 1.54) is 270 Å². The van der Waals surface area contributed by atoms with Gasteiger partial charge < -0.3 is 14.2 Å². The fourth-order valence-electron chi connectivity index (χ4n) is 9.91. The van der Waals surface area contributed by atoms with Gasteiger partial charge in [0.25, 0.3) is 0 Å². The summed E-state index contributed by atoms with van der Waals surface area (Å²) in [7, 11) is 0. The maximum Gasteiger partial charge on any atom is 0.306 e. The number of hydrogen-bond acceptors (Lipinski definition) is 6. The first-order chi connectivity index (χ1) is 35.0. The molecule has 1 unspecified atom stereocenters. The maximum atomic E-state index is 12.9. The van der Waals surface area contributed by atoms with Gasteiger partial charge in [-0.15, -0.1) is 0 Å². The molecule has 0 saturated heterocycles. The van der Waals surface area contributed by atoms with Gasteiger partial charge in [0, 0.05) is 19.3 Å². The second-order valence-electron chi connectivity index (χ2n) is 22.0. The van der Waals surface area contributed by atoms with Crippen molar-refractivity contribution in [3.63, 3.8) is 0 Å². The van der Waals surface area contributed by atoms with Gasteiger partial charge in [-0.2, -0.15) is 0 Å². The van der Waals surface area contributed by atoms with Crippen LogP contribution in [0.1, 0.15) is 367 Å². The summed E-state index contributed by atoms with van der Waals surface area (Å²) in [6.45, 7) is 6.70. The van der Waals surface area contributed by atoms with Gasteiger partial charge in [0.2, 0.25) is 0 Å². The SMILES string of the molecule is CCCCCCCC/C=C\CCCCCCCCCCCC(=O)OC(COC(=O)CCCCCCCCCCCCC)COC(=O)CCCCCCCCCCCCCCCCCCCCCCCCC. The van der Waals surface area contributed by atoms with Crippen LogP contribution < -0.4 is 0 Å². The molecule has 0 radical (unpaired) electrons. The second kappa shape index (κ2) is 60.7. The fourth-order valence-corrected chi connectivity index (χ4v) is 9.91. The molecule has 0 aliphatic carbocycles. The van der Waals surface area contributed by atoms with Gasteiger partial charge in [0.1, 0.15) is 13.2 Å². The van der Waals surface area contributed by atoms with E-state index in [4.69, 9.17) is 14.2 Å². The molecule has 0 fully saturated rings. The summed E-state index contributed by atoms with van der Waals surface area (Å²) < 4.78 is 16.9. The summed E-state index contributed by atoms with van der Waals surface area (Å²) >= 11 is 0. The predicted molar refractivity (Wildman–Crippen MR) is 307 cm³/mol. The number of carbonyl (C=O) groups is 3. The summed E-state index contributed by atoms with van der Waals surface area (Å²) in [5, 5.41) is 0. The lowest BCUT2D eigenvalue weighted by molar-refractivity contribution is -0.167. The third-order valence-electron chi connectivity index (χ3n) is 14.8. The van der Waals surface area contributed by atoms with Crippen LogP contribution in [0.3, 0.4) is 0 Å². The van der Waals surface area contributed by atoms with E-state index in [9.17, 15) is 14.4 Å².